The van der Waals surface area contributed by atoms with Gasteiger partial charge in [-0.2, -0.15) is 0 Å². The minimum absolute atomic E-state index is 0.385. The van der Waals surface area contributed by atoms with Gasteiger partial charge in [-0.25, -0.2) is 0 Å². The molecule has 6 heteroatoms. The number of halogens is 2. The Morgan fingerprint density at radius 2 is 0.883 bits per heavy atom. The zero-order valence-corrected chi connectivity index (χ0v) is 41.4. The minimum atomic E-state index is -3.77. The Morgan fingerprint density at radius 1 is 0.500 bits per heavy atom. The number of benzene rings is 4. The van der Waals surface area contributed by atoms with Crippen LogP contribution in [0.1, 0.15) is 146 Å². The van der Waals surface area contributed by atoms with Crippen LogP contribution in [-0.4, -0.2) is 38.5 Å². The number of aryl methyl sites for hydroxylation is 6. The van der Waals surface area contributed by atoms with Crippen molar-refractivity contribution in [3.63, 3.8) is 0 Å². The van der Waals surface area contributed by atoms with Crippen molar-refractivity contribution in [1.82, 2.24) is 0 Å². The van der Waals surface area contributed by atoms with E-state index in [9.17, 15) is 0 Å². The van der Waals surface area contributed by atoms with E-state index < -0.39 is 11.9 Å². The Kier molecular flexibility index (Phi) is 14.4. The van der Waals surface area contributed by atoms with Gasteiger partial charge in [0.15, 0.2) is 0 Å². The first-order chi connectivity index (χ1) is 29.0. The third kappa shape index (κ3) is 9.28. The molecule has 4 aliphatic carbocycles. The van der Waals surface area contributed by atoms with E-state index in [4.69, 9.17) is 19.4 Å². The van der Waals surface area contributed by atoms with Crippen LogP contribution in [0.3, 0.4) is 0 Å². The van der Waals surface area contributed by atoms with Crippen LogP contribution in [0.15, 0.2) is 84.9 Å². The van der Waals surface area contributed by atoms with Gasteiger partial charge in [-0.05, 0) is 55.5 Å². The molecule has 1 aliphatic heterocycles. The molecule has 0 N–H and O–H groups in total. The van der Waals surface area contributed by atoms with Crippen LogP contribution in [0, 0.1) is 41.5 Å². The molecule has 1 heterocycles. The summed E-state index contributed by atoms with van der Waals surface area (Å²) in [5.74, 6) is 0. The first kappa shape index (κ1) is 44.2. The first-order valence-electron chi connectivity index (χ1n) is 23.2. The van der Waals surface area contributed by atoms with Crippen LogP contribution in [0.2, 0.25) is 0 Å². The molecule has 0 amide bonds. The zero-order valence-electron chi connectivity index (χ0n) is 37.3. The number of hydrogen-bond donors (Lipinski definition) is 0. The average Bonchev–Trinajstić information content (AvgIpc) is 3.86. The van der Waals surface area contributed by atoms with E-state index in [1.807, 2.05) is 0 Å². The molecule has 0 atom stereocenters. The van der Waals surface area contributed by atoms with Crippen LogP contribution in [0.25, 0.3) is 5.57 Å². The second-order valence-corrected chi connectivity index (χ2v) is 30.9. The predicted molar refractivity (Wildman–Crippen MR) is 264 cm³/mol. The number of rotatable bonds is 6. The van der Waals surface area contributed by atoms with Crippen molar-refractivity contribution in [3.8, 4) is 0 Å². The molecule has 5 aliphatic rings. The van der Waals surface area contributed by atoms with Crippen molar-refractivity contribution in [2.24, 2.45) is 0 Å². The maximum absolute atomic E-state index is 7.92. The van der Waals surface area contributed by atoms with E-state index in [2.05, 4.69) is 136 Å². The molecule has 4 aromatic carbocycles. The van der Waals surface area contributed by atoms with Crippen molar-refractivity contribution in [1.29, 1.82) is 0 Å². The third-order valence-corrected chi connectivity index (χ3v) is 25.0. The number of hydrogen-bond acceptors (Lipinski definition) is 2. The number of anilines is 2. The summed E-state index contributed by atoms with van der Waals surface area (Å²) in [6.07, 6.45) is 25.9. The van der Waals surface area contributed by atoms with Crippen molar-refractivity contribution in [2.45, 2.75) is 155 Å². The second kappa shape index (κ2) is 19.5. The normalized spacial score (nSPS) is 19.7. The summed E-state index contributed by atoms with van der Waals surface area (Å²) in [5, 5.41) is 0. The molecule has 322 valence electrons. The molecule has 0 bridgehead atoms. The van der Waals surface area contributed by atoms with Crippen molar-refractivity contribution in [3.05, 3.63) is 135 Å². The molecule has 2 nitrogen and oxygen atoms in total. The van der Waals surface area contributed by atoms with Crippen molar-refractivity contribution < 1.29 is 11.9 Å². The molecular weight excluding hydrogens is 880 g/mol. The fourth-order valence-corrected chi connectivity index (χ4v) is 23.3. The number of fused-ring (bicyclic) bond motifs is 1. The molecular formula is C54H69Cl2N2PRu. The molecule has 0 unspecified atom stereocenters. The Hall–Kier alpha value is -2.41. The standard InChI is InChI=1S/C21H26N2.C18H33P.C15H10.2ClH.Ru/c1-14-9-16(3)20(17(4)10-14)22-7-8-23(13-22)21-18(5)11-15(2)12-19(21)6;1-4-10-16(11-5-1)19(17-12-6-2-7-13-17)18-14-8-3-9-15-18;1-2-6-12(7-3-1)15-11-10-13-8-4-5-9-14(13)15;;;/h9-12H,7-8H2,1-6H3;16-18H,1-15H2;1-9,11H;2*1H;/q;;;;;+2/p-2. The van der Waals surface area contributed by atoms with E-state index in [1.54, 1.807) is 77.0 Å². The summed E-state index contributed by atoms with van der Waals surface area (Å²) in [4.78, 5) is 4.89. The summed E-state index contributed by atoms with van der Waals surface area (Å²) in [6, 6.07) is 28.2. The van der Waals surface area contributed by atoms with Gasteiger partial charge in [0, 0.05) is 0 Å². The molecule has 4 fully saturated rings. The summed E-state index contributed by atoms with van der Waals surface area (Å²) in [6.45, 7) is 14.8. The van der Waals surface area contributed by atoms with Crippen LogP contribution in [0.4, 0.5) is 11.4 Å². The van der Waals surface area contributed by atoms with Gasteiger partial charge in [-0.1, -0.05) is 65.7 Å². The van der Waals surface area contributed by atoms with Crippen LogP contribution in [0.5, 0.6) is 0 Å². The number of nitrogens with zero attached hydrogens (tertiary/aromatic N) is 2. The fraction of sp³-hybridized carbons (Fsp3) is 0.481. The number of allylic oxidation sites excluding steroid dienone is 1. The monoisotopic (exact) mass is 948 g/mol. The molecule has 3 saturated carbocycles. The molecule has 60 heavy (non-hydrogen) atoms. The van der Waals surface area contributed by atoms with E-state index in [-0.39, 0.29) is 0 Å². The zero-order chi connectivity index (χ0) is 42.0. The van der Waals surface area contributed by atoms with Crippen molar-refractivity contribution >= 4 is 52.7 Å². The maximum atomic E-state index is 7.92. The van der Waals surface area contributed by atoms with E-state index in [0.29, 0.717) is 7.92 Å². The summed E-state index contributed by atoms with van der Waals surface area (Å²) in [5.41, 5.74) is 18.3. The molecule has 0 spiro atoms. The second-order valence-electron chi connectivity index (χ2n) is 18.6. The molecule has 1 saturated heterocycles. The fourth-order valence-electron chi connectivity index (χ4n) is 11.7. The van der Waals surface area contributed by atoms with Crippen LogP contribution in [-0.2, 0) is 11.9 Å². The summed E-state index contributed by atoms with van der Waals surface area (Å²) < 4.78 is 2.14. The van der Waals surface area contributed by atoms with E-state index in [1.165, 1.54) is 97.7 Å². The van der Waals surface area contributed by atoms with E-state index in [0.717, 1.165) is 27.1 Å². The Bertz CT molecular complexity index is 2160. The topological polar surface area (TPSA) is 6.48 Å². The van der Waals surface area contributed by atoms with Gasteiger partial charge < -0.3 is 0 Å². The van der Waals surface area contributed by atoms with Gasteiger partial charge in [0.25, 0.3) is 0 Å². The quantitative estimate of drug-likeness (QED) is 0.140. The Morgan fingerprint density at radius 3 is 1.30 bits per heavy atom. The summed E-state index contributed by atoms with van der Waals surface area (Å²) >= 11 is -3.77. The van der Waals surface area contributed by atoms with Gasteiger partial charge in [0.1, 0.15) is 0 Å². The SMILES string of the molecule is C1CCC(P(C2CCCCC2)C2CCCCC2)CC1.Cc1cc(C)c(N2CCN(c3c(C)cc(C)cc3C)[C]2=[Ru]([Cl])([Cl])=[C]2C=C(c3ccccc3)c3ccccc32)c(C)c1. The van der Waals surface area contributed by atoms with Gasteiger partial charge in [-0.3, -0.25) is 0 Å². The molecule has 4 aromatic rings. The van der Waals surface area contributed by atoms with Gasteiger partial charge in [0.2, 0.25) is 0 Å². The van der Waals surface area contributed by atoms with Gasteiger partial charge >= 0.3 is 256 Å². The van der Waals surface area contributed by atoms with E-state index >= 15 is 0 Å². The average molecular weight is 949 g/mol. The Balaban J connectivity index is 0.000000218. The Labute approximate surface area is 374 Å². The van der Waals surface area contributed by atoms with Gasteiger partial charge in [-0.15, -0.1) is 0 Å². The summed E-state index contributed by atoms with van der Waals surface area (Å²) in [7, 11) is 16.2. The first-order valence-corrected chi connectivity index (χ1v) is 31.0. The van der Waals surface area contributed by atoms with Crippen LogP contribution >= 0.6 is 27.3 Å². The molecule has 9 rings (SSSR count). The van der Waals surface area contributed by atoms with Crippen LogP contribution < -0.4 is 9.80 Å². The predicted octanol–water partition coefficient (Wildman–Crippen LogP) is 15.5. The third-order valence-electron chi connectivity index (χ3n) is 14.0. The molecule has 0 radical (unpaired) electrons. The van der Waals surface area contributed by atoms with Gasteiger partial charge in [0.05, 0.1) is 0 Å². The molecule has 0 aromatic heterocycles. The van der Waals surface area contributed by atoms with Crippen molar-refractivity contribution in [2.75, 3.05) is 22.9 Å².